The predicted molar refractivity (Wildman–Crippen MR) is 106 cm³/mol. The van der Waals surface area contributed by atoms with Crippen LogP contribution >= 0.6 is 27.3 Å². The average molecular weight is 470 g/mol. The number of hydrogen-bond donors (Lipinski definition) is 0. The largest absolute Gasteiger partial charge is 0.486 e. The molecular formula is C19H18BrF2N3O2S. The van der Waals surface area contributed by atoms with E-state index in [0.717, 1.165) is 27.9 Å². The SMILES string of the molecule is CCn1ncc(Br)c1CN(C)C(=O)c1cc(COc2ccc(F)cc2F)cs1. The smallest absolute Gasteiger partial charge is 0.264 e. The Morgan fingerprint density at radius 1 is 1.36 bits per heavy atom. The molecule has 0 saturated carbocycles. The van der Waals surface area contributed by atoms with Crippen molar-refractivity contribution in [3.05, 3.63) is 68.1 Å². The molecule has 0 aliphatic carbocycles. The lowest BCUT2D eigenvalue weighted by molar-refractivity contribution is 0.0786. The van der Waals surface area contributed by atoms with Crippen LogP contribution in [0.3, 0.4) is 0 Å². The number of carbonyl (C=O) groups excluding carboxylic acids is 1. The zero-order chi connectivity index (χ0) is 20.3. The highest BCUT2D eigenvalue weighted by molar-refractivity contribution is 9.10. The van der Waals surface area contributed by atoms with E-state index < -0.39 is 11.6 Å². The number of hydrogen-bond acceptors (Lipinski definition) is 4. The molecule has 3 aromatic rings. The van der Waals surface area contributed by atoms with Gasteiger partial charge >= 0.3 is 0 Å². The van der Waals surface area contributed by atoms with Gasteiger partial charge in [-0.05, 0) is 46.4 Å². The number of aromatic nitrogens is 2. The van der Waals surface area contributed by atoms with Gasteiger partial charge in [0.1, 0.15) is 12.4 Å². The fourth-order valence-corrected chi connectivity index (χ4v) is 3.93. The molecule has 0 N–H and O–H groups in total. The Balaban J connectivity index is 1.64. The van der Waals surface area contributed by atoms with Crippen molar-refractivity contribution in [1.82, 2.24) is 14.7 Å². The monoisotopic (exact) mass is 469 g/mol. The quantitative estimate of drug-likeness (QED) is 0.496. The number of amides is 1. The molecule has 0 unspecified atom stereocenters. The summed E-state index contributed by atoms with van der Waals surface area (Å²) in [7, 11) is 1.73. The molecule has 0 radical (unpaired) electrons. The summed E-state index contributed by atoms with van der Waals surface area (Å²) < 4.78 is 34.6. The van der Waals surface area contributed by atoms with Gasteiger partial charge in [-0.2, -0.15) is 5.10 Å². The van der Waals surface area contributed by atoms with E-state index in [1.165, 1.54) is 17.4 Å². The summed E-state index contributed by atoms with van der Waals surface area (Å²) in [5.41, 5.74) is 1.66. The molecule has 2 aromatic heterocycles. The lowest BCUT2D eigenvalue weighted by Crippen LogP contribution is -2.27. The van der Waals surface area contributed by atoms with Crippen molar-refractivity contribution in [3.8, 4) is 5.75 Å². The van der Waals surface area contributed by atoms with Crippen LogP contribution in [-0.4, -0.2) is 27.6 Å². The normalized spacial score (nSPS) is 10.9. The fraction of sp³-hybridized carbons (Fsp3) is 0.263. The van der Waals surface area contributed by atoms with Crippen LogP contribution in [0.15, 0.2) is 40.3 Å². The lowest BCUT2D eigenvalue weighted by atomic mass is 10.3. The Morgan fingerprint density at radius 2 is 2.14 bits per heavy atom. The summed E-state index contributed by atoms with van der Waals surface area (Å²) in [5, 5.41) is 6.04. The van der Waals surface area contributed by atoms with Gasteiger partial charge in [-0.3, -0.25) is 9.48 Å². The van der Waals surface area contributed by atoms with E-state index in [2.05, 4.69) is 21.0 Å². The van der Waals surface area contributed by atoms with Crippen LogP contribution in [0, 0.1) is 11.6 Å². The summed E-state index contributed by atoms with van der Waals surface area (Å²) in [6, 6.07) is 4.86. The second-order valence-corrected chi connectivity index (χ2v) is 7.86. The third kappa shape index (κ3) is 4.59. The highest BCUT2D eigenvalue weighted by atomic mass is 79.9. The van der Waals surface area contributed by atoms with Gasteiger partial charge in [-0.25, -0.2) is 8.78 Å². The highest BCUT2D eigenvalue weighted by Gasteiger charge is 2.18. The minimum Gasteiger partial charge on any atom is -0.486 e. The van der Waals surface area contributed by atoms with Crippen LogP contribution in [0.4, 0.5) is 8.78 Å². The average Bonchev–Trinajstić information content (AvgIpc) is 3.27. The van der Waals surface area contributed by atoms with Crippen LogP contribution in [0.2, 0.25) is 0 Å². The molecule has 5 nitrogen and oxygen atoms in total. The third-order valence-corrected chi connectivity index (χ3v) is 5.71. The summed E-state index contributed by atoms with van der Waals surface area (Å²) in [4.78, 5) is 14.9. The van der Waals surface area contributed by atoms with Crippen molar-refractivity contribution in [3.63, 3.8) is 0 Å². The van der Waals surface area contributed by atoms with Gasteiger partial charge in [0.05, 0.1) is 27.8 Å². The van der Waals surface area contributed by atoms with Gasteiger partial charge in [0.15, 0.2) is 11.6 Å². The molecule has 1 amide bonds. The van der Waals surface area contributed by atoms with Gasteiger partial charge in [-0.15, -0.1) is 11.3 Å². The van der Waals surface area contributed by atoms with Crippen LogP contribution in [-0.2, 0) is 19.7 Å². The van der Waals surface area contributed by atoms with E-state index >= 15 is 0 Å². The number of nitrogens with zero attached hydrogens (tertiary/aromatic N) is 3. The van der Waals surface area contributed by atoms with Crippen molar-refractivity contribution < 1.29 is 18.3 Å². The maximum absolute atomic E-state index is 13.6. The van der Waals surface area contributed by atoms with Crippen molar-refractivity contribution in [2.75, 3.05) is 7.05 Å². The first kappa shape index (κ1) is 20.5. The molecule has 0 aliphatic rings. The van der Waals surface area contributed by atoms with Gasteiger partial charge in [0, 0.05) is 25.2 Å². The van der Waals surface area contributed by atoms with Crippen LogP contribution in [0.25, 0.3) is 0 Å². The van der Waals surface area contributed by atoms with E-state index in [9.17, 15) is 13.6 Å². The summed E-state index contributed by atoms with van der Waals surface area (Å²) in [5.74, 6) is -1.58. The number of rotatable bonds is 7. The standard InChI is InChI=1S/C19H18BrF2N3O2S/c1-3-25-16(14(20)8-23-25)9-24(2)19(26)18-6-12(11-28-18)10-27-17-5-4-13(21)7-15(17)22/h4-8,11H,3,9-10H2,1-2H3. The number of carbonyl (C=O) groups is 1. The summed E-state index contributed by atoms with van der Waals surface area (Å²) in [6.07, 6.45) is 1.71. The van der Waals surface area contributed by atoms with E-state index in [0.29, 0.717) is 18.0 Å². The van der Waals surface area contributed by atoms with Crippen LogP contribution < -0.4 is 4.74 Å². The first-order chi connectivity index (χ1) is 13.4. The Morgan fingerprint density at radius 3 is 2.86 bits per heavy atom. The number of aryl methyl sites for hydroxylation is 1. The zero-order valence-electron chi connectivity index (χ0n) is 15.3. The Bertz CT molecular complexity index is 989. The van der Waals surface area contributed by atoms with Crippen molar-refractivity contribution in [2.24, 2.45) is 0 Å². The Kier molecular flexibility index (Phi) is 6.46. The van der Waals surface area contributed by atoms with Gasteiger partial charge in [-0.1, -0.05) is 0 Å². The van der Waals surface area contributed by atoms with E-state index in [1.54, 1.807) is 29.6 Å². The van der Waals surface area contributed by atoms with Crippen molar-refractivity contribution in [2.45, 2.75) is 26.6 Å². The molecule has 0 atom stereocenters. The molecule has 2 heterocycles. The number of ether oxygens (including phenoxy) is 1. The summed E-state index contributed by atoms with van der Waals surface area (Å²) in [6.45, 7) is 3.20. The number of thiophene rings is 1. The van der Waals surface area contributed by atoms with Gasteiger partial charge in [0.25, 0.3) is 5.91 Å². The second kappa shape index (κ2) is 8.83. The fourth-order valence-electron chi connectivity index (χ4n) is 2.62. The molecular weight excluding hydrogens is 452 g/mol. The first-order valence-corrected chi connectivity index (χ1v) is 10.2. The maximum Gasteiger partial charge on any atom is 0.264 e. The third-order valence-electron chi connectivity index (χ3n) is 4.08. The molecule has 0 spiro atoms. The van der Waals surface area contributed by atoms with Crippen molar-refractivity contribution >= 4 is 33.2 Å². The van der Waals surface area contributed by atoms with E-state index in [4.69, 9.17) is 4.74 Å². The minimum atomic E-state index is -0.760. The molecule has 0 bridgehead atoms. The van der Waals surface area contributed by atoms with Crippen LogP contribution in [0.5, 0.6) is 5.75 Å². The molecule has 28 heavy (non-hydrogen) atoms. The van der Waals surface area contributed by atoms with Gasteiger partial charge < -0.3 is 9.64 Å². The molecule has 1 aromatic carbocycles. The molecule has 9 heteroatoms. The molecule has 148 valence electrons. The maximum atomic E-state index is 13.6. The molecule has 0 saturated heterocycles. The first-order valence-electron chi connectivity index (χ1n) is 8.50. The lowest BCUT2D eigenvalue weighted by Gasteiger charge is -2.17. The van der Waals surface area contributed by atoms with Crippen molar-refractivity contribution in [1.29, 1.82) is 0 Å². The molecule has 0 fully saturated rings. The van der Waals surface area contributed by atoms with Gasteiger partial charge in [0.2, 0.25) is 0 Å². The van der Waals surface area contributed by atoms with E-state index in [-0.39, 0.29) is 18.3 Å². The van der Waals surface area contributed by atoms with Crippen LogP contribution in [0.1, 0.15) is 27.9 Å². The zero-order valence-corrected chi connectivity index (χ0v) is 17.7. The van der Waals surface area contributed by atoms with E-state index in [1.807, 2.05) is 11.6 Å². The second-order valence-electron chi connectivity index (χ2n) is 6.10. The number of benzene rings is 1. The Hall–Kier alpha value is -2.26. The Labute approximate surface area is 173 Å². The highest BCUT2D eigenvalue weighted by Crippen LogP contribution is 2.23. The number of halogens is 3. The minimum absolute atomic E-state index is 0.0322. The topological polar surface area (TPSA) is 47.4 Å². The molecule has 0 aliphatic heterocycles. The predicted octanol–water partition coefficient (Wildman–Crippen LogP) is 4.86. The summed E-state index contributed by atoms with van der Waals surface area (Å²) >= 11 is 4.76. The molecule has 3 rings (SSSR count).